The fourth-order valence-electron chi connectivity index (χ4n) is 1.68. The highest BCUT2D eigenvalue weighted by molar-refractivity contribution is 5.93. The van der Waals surface area contributed by atoms with Gasteiger partial charge in [0.15, 0.2) is 0 Å². The molecule has 0 radical (unpaired) electrons. The fraction of sp³-hybridized carbons (Fsp3) is 0.625. The first kappa shape index (κ1) is 19.2. The predicted octanol–water partition coefficient (Wildman–Crippen LogP) is 2.39. The Morgan fingerprint density at radius 3 is 2.71 bits per heavy atom. The topological polar surface area (TPSA) is 73.6 Å². The molecule has 118 valence electrons. The van der Waals surface area contributed by atoms with Gasteiger partial charge in [-0.25, -0.2) is 4.79 Å². The molecule has 1 N–H and O–H groups in total. The van der Waals surface area contributed by atoms with Crippen LogP contribution in [0.1, 0.15) is 40.0 Å². The molecule has 0 saturated heterocycles. The molecule has 0 saturated carbocycles. The first-order chi connectivity index (χ1) is 10.1. The van der Waals surface area contributed by atoms with Gasteiger partial charge < -0.3 is 14.7 Å². The first-order valence-electron chi connectivity index (χ1n) is 7.43. The number of hydrogen-bond donors (Lipinski definition) is 1. The van der Waals surface area contributed by atoms with Crippen molar-refractivity contribution in [3.63, 3.8) is 0 Å². The number of aliphatic hydroxyl groups is 1. The number of carbonyl (C=O) groups is 1. The van der Waals surface area contributed by atoms with Gasteiger partial charge in [0.1, 0.15) is 11.6 Å². The summed E-state index contributed by atoms with van der Waals surface area (Å²) < 4.78 is 5.22. The number of unbranched alkanes of at least 4 members (excludes halogenated alkanes) is 1. The van der Waals surface area contributed by atoms with E-state index in [1.165, 1.54) is 6.08 Å². The van der Waals surface area contributed by atoms with Gasteiger partial charge in [-0.05, 0) is 38.6 Å². The van der Waals surface area contributed by atoms with Crippen LogP contribution in [0, 0.1) is 11.3 Å². The van der Waals surface area contributed by atoms with Crippen LogP contribution in [0.4, 0.5) is 0 Å². The number of rotatable bonds is 10. The summed E-state index contributed by atoms with van der Waals surface area (Å²) in [5.41, 5.74) is -0.0188. The minimum atomic E-state index is -0.587. The molecule has 0 heterocycles. The third-order valence-corrected chi connectivity index (χ3v) is 2.97. The quantitative estimate of drug-likeness (QED) is 0.290. The zero-order valence-corrected chi connectivity index (χ0v) is 13.2. The number of hydrogen-bond acceptors (Lipinski definition) is 5. The van der Waals surface area contributed by atoms with Gasteiger partial charge in [0.25, 0.3) is 0 Å². The maximum absolute atomic E-state index is 11.8. The van der Waals surface area contributed by atoms with Crippen LogP contribution in [0.2, 0.25) is 0 Å². The van der Waals surface area contributed by atoms with Crippen LogP contribution in [-0.2, 0) is 9.53 Å². The van der Waals surface area contributed by atoms with Crippen molar-refractivity contribution in [3.8, 4) is 6.07 Å². The Kier molecular flexibility index (Phi) is 11.0. The van der Waals surface area contributed by atoms with Crippen molar-refractivity contribution >= 4 is 5.97 Å². The average molecular weight is 294 g/mol. The number of carbonyl (C=O) groups excluding carboxylic acids is 1. The molecular weight excluding hydrogens is 268 g/mol. The molecule has 0 amide bonds. The number of ether oxygens (including phenoxy) is 1. The molecule has 0 aromatic carbocycles. The highest BCUT2D eigenvalue weighted by atomic mass is 16.5. The van der Waals surface area contributed by atoms with Crippen LogP contribution in [-0.4, -0.2) is 41.8 Å². The van der Waals surface area contributed by atoms with Gasteiger partial charge in [0.05, 0.1) is 12.7 Å². The van der Waals surface area contributed by atoms with Gasteiger partial charge in [0, 0.05) is 13.1 Å². The molecule has 0 aromatic rings. The molecule has 5 nitrogen and oxygen atoms in total. The van der Waals surface area contributed by atoms with Crippen molar-refractivity contribution in [2.45, 2.75) is 46.1 Å². The SMILES string of the molecule is CCCCC(C)OC(=O)C(C#N)=CC=CN(CC)CCO. The molecule has 0 aliphatic heterocycles. The number of aliphatic hydroxyl groups excluding tert-OH is 1. The summed E-state index contributed by atoms with van der Waals surface area (Å²) in [5.74, 6) is -0.587. The summed E-state index contributed by atoms with van der Waals surface area (Å²) >= 11 is 0. The lowest BCUT2D eigenvalue weighted by atomic mass is 10.2. The Morgan fingerprint density at radius 2 is 2.19 bits per heavy atom. The Bertz CT molecular complexity index is 397. The number of esters is 1. The van der Waals surface area contributed by atoms with Crippen LogP contribution in [0.3, 0.4) is 0 Å². The molecule has 21 heavy (non-hydrogen) atoms. The van der Waals surface area contributed by atoms with Crippen LogP contribution >= 0.6 is 0 Å². The van der Waals surface area contributed by atoms with E-state index in [0.29, 0.717) is 6.54 Å². The van der Waals surface area contributed by atoms with Crippen molar-refractivity contribution in [3.05, 3.63) is 23.9 Å². The third-order valence-electron chi connectivity index (χ3n) is 2.97. The minimum Gasteiger partial charge on any atom is -0.459 e. The van der Waals surface area contributed by atoms with Gasteiger partial charge in [-0.15, -0.1) is 0 Å². The van der Waals surface area contributed by atoms with Gasteiger partial charge >= 0.3 is 5.97 Å². The molecule has 0 aliphatic carbocycles. The number of nitriles is 1. The number of likely N-dealkylation sites (N-methyl/N-ethyl adjacent to an activating group) is 1. The summed E-state index contributed by atoms with van der Waals surface area (Å²) in [6.45, 7) is 7.18. The van der Waals surface area contributed by atoms with Crippen molar-refractivity contribution < 1.29 is 14.6 Å². The van der Waals surface area contributed by atoms with Crippen molar-refractivity contribution in [2.75, 3.05) is 19.7 Å². The predicted molar refractivity (Wildman–Crippen MR) is 82.2 cm³/mol. The first-order valence-corrected chi connectivity index (χ1v) is 7.43. The highest BCUT2D eigenvalue weighted by Crippen LogP contribution is 2.07. The Balaban J connectivity index is 4.54. The van der Waals surface area contributed by atoms with Gasteiger partial charge in [0.2, 0.25) is 0 Å². The molecule has 0 spiro atoms. The van der Waals surface area contributed by atoms with Crippen molar-refractivity contribution in [1.82, 2.24) is 4.90 Å². The molecule has 1 unspecified atom stereocenters. The smallest absolute Gasteiger partial charge is 0.349 e. The van der Waals surface area contributed by atoms with E-state index in [1.54, 1.807) is 12.3 Å². The summed E-state index contributed by atoms with van der Waals surface area (Å²) in [4.78, 5) is 13.7. The fourth-order valence-corrected chi connectivity index (χ4v) is 1.68. The highest BCUT2D eigenvalue weighted by Gasteiger charge is 2.13. The minimum absolute atomic E-state index is 0.0188. The van der Waals surface area contributed by atoms with E-state index in [2.05, 4.69) is 6.92 Å². The Morgan fingerprint density at radius 1 is 1.48 bits per heavy atom. The molecule has 0 aliphatic rings. The van der Waals surface area contributed by atoms with E-state index < -0.39 is 5.97 Å². The molecule has 1 atom stereocenters. The normalized spacial score (nSPS) is 13.0. The van der Waals surface area contributed by atoms with Crippen LogP contribution in [0.5, 0.6) is 0 Å². The van der Waals surface area contributed by atoms with Gasteiger partial charge in [-0.1, -0.05) is 19.8 Å². The van der Waals surface area contributed by atoms with Crippen LogP contribution < -0.4 is 0 Å². The van der Waals surface area contributed by atoms with E-state index in [-0.39, 0.29) is 18.3 Å². The lowest BCUT2D eigenvalue weighted by molar-refractivity contribution is -0.143. The third kappa shape index (κ3) is 8.87. The van der Waals surface area contributed by atoms with E-state index >= 15 is 0 Å². The monoisotopic (exact) mass is 294 g/mol. The van der Waals surface area contributed by atoms with Crippen LogP contribution in [0.15, 0.2) is 23.9 Å². The van der Waals surface area contributed by atoms with E-state index in [0.717, 1.165) is 25.8 Å². The molecule has 0 aromatic heterocycles. The molecule has 0 fully saturated rings. The maximum atomic E-state index is 11.8. The summed E-state index contributed by atoms with van der Waals surface area (Å²) in [7, 11) is 0. The van der Waals surface area contributed by atoms with E-state index in [1.807, 2.05) is 24.8 Å². The van der Waals surface area contributed by atoms with Gasteiger partial charge in [-0.2, -0.15) is 5.26 Å². The average Bonchev–Trinajstić information content (AvgIpc) is 2.48. The number of allylic oxidation sites excluding steroid dienone is 2. The number of nitrogens with zero attached hydrogens (tertiary/aromatic N) is 2. The summed E-state index contributed by atoms with van der Waals surface area (Å²) in [6, 6.07) is 1.85. The second-order valence-electron chi connectivity index (χ2n) is 4.74. The maximum Gasteiger partial charge on any atom is 0.349 e. The molecular formula is C16H26N2O3. The zero-order chi connectivity index (χ0) is 16.1. The van der Waals surface area contributed by atoms with Crippen molar-refractivity contribution in [1.29, 1.82) is 5.26 Å². The summed E-state index contributed by atoms with van der Waals surface area (Å²) in [6.07, 6.45) is 7.46. The lowest BCUT2D eigenvalue weighted by Gasteiger charge is -2.15. The van der Waals surface area contributed by atoms with E-state index in [4.69, 9.17) is 15.1 Å². The lowest BCUT2D eigenvalue weighted by Crippen LogP contribution is -2.20. The second-order valence-corrected chi connectivity index (χ2v) is 4.74. The van der Waals surface area contributed by atoms with Gasteiger partial charge in [-0.3, -0.25) is 0 Å². The largest absolute Gasteiger partial charge is 0.459 e. The van der Waals surface area contributed by atoms with E-state index in [9.17, 15) is 4.79 Å². The Labute approximate surface area is 127 Å². The molecule has 0 bridgehead atoms. The van der Waals surface area contributed by atoms with Crippen molar-refractivity contribution in [2.24, 2.45) is 0 Å². The standard InChI is InChI=1S/C16H26N2O3/c1-4-6-8-14(3)21-16(20)15(13-17)9-7-10-18(5-2)11-12-19/h7,9-10,14,19H,4-6,8,11-12H2,1-3H3. The van der Waals surface area contributed by atoms with Crippen LogP contribution in [0.25, 0.3) is 0 Å². The Hall–Kier alpha value is -1.80. The second kappa shape index (κ2) is 12.0. The zero-order valence-electron chi connectivity index (χ0n) is 13.2. The molecule has 5 heteroatoms. The molecule has 0 rings (SSSR count). The summed E-state index contributed by atoms with van der Waals surface area (Å²) in [5, 5.41) is 17.9.